The van der Waals surface area contributed by atoms with Gasteiger partial charge in [0.05, 0.1) is 5.57 Å². The monoisotopic (exact) mass is 329 g/mol. The van der Waals surface area contributed by atoms with Gasteiger partial charge in [0, 0.05) is 22.9 Å². The van der Waals surface area contributed by atoms with Crippen molar-refractivity contribution in [2.75, 3.05) is 0 Å². The topological polar surface area (TPSA) is 67.8 Å². The Kier molecular flexibility index (Phi) is 4.24. The minimum atomic E-state index is -0.928. The molecule has 5 nitrogen and oxygen atoms in total. The summed E-state index contributed by atoms with van der Waals surface area (Å²) in [6, 6.07) is 6.09. The number of aryl methyl sites for hydroxylation is 2. The predicted molar refractivity (Wildman–Crippen MR) is 90.2 cm³/mol. The minimum Gasteiger partial charge on any atom is -0.478 e. The van der Waals surface area contributed by atoms with Gasteiger partial charge in [-0.25, -0.2) is 4.79 Å². The number of hydrogen-bond acceptors (Lipinski definition) is 4. The normalized spacial score (nSPS) is 27.0. The number of allylic oxidation sites excluding steroid dienone is 2. The third-order valence-corrected chi connectivity index (χ3v) is 4.66. The molecule has 0 aliphatic carbocycles. The summed E-state index contributed by atoms with van der Waals surface area (Å²) in [6.07, 6.45) is -0.781. The maximum absolute atomic E-state index is 12.0. The van der Waals surface area contributed by atoms with Crippen molar-refractivity contribution >= 4 is 5.97 Å². The van der Waals surface area contributed by atoms with E-state index in [9.17, 15) is 9.90 Å². The Labute approximate surface area is 142 Å². The van der Waals surface area contributed by atoms with Crippen molar-refractivity contribution in [3.8, 4) is 0 Å². The van der Waals surface area contributed by atoms with Crippen LogP contribution in [-0.2, 0) is 14.3 Å². The smallest absolute Gasteiger partial charge is 0.334 e. The third-order valence-electron chi connectivity index (χ3n) is 4.66. The van der Waals surface area contributed by atoms with Crippen molar-refractivity contribution in [2.24, 2.45) is 0 Å². The van der Waals surface area contributed by atoms with Crippen molar-refractivity contribution in [2.45, 2.75) is 53.1 Å². The Balaban J connectivity index is 2.16. The molecule has 24 heavy (non-hydrogen) atoms. The number of nitrogens with one attached hydrogen (secondary N) is 1. The van der Waals surface area contributed by atoms with E-state index in [4.69, 9.17) is 9.47 Å². The Bertz CT molecular complexity index is 757. The summed E-state index contributed by atoms with van der Waals surface area (Å²) in [4.78, 5) is 12.0. The standard InChI is InChI=1S/C19H23NO4/c1-9-6-7-14(10(2)8-9)17-15(18(21)22)11(3)20-12(4)16(17)19-23-13(5)24-19/h6-8,13,17,19-20H,1-5H3,(H,21,22). The number of rotatable bonds is 3. The molecular formula is C19H23NO4. The van der Waals surface area contributed by atoms with Crippen LogP contribution < -0.4 is 5.32 Å². The first-order valence-corrected chi connectivity index (χ1v) is 8.09. The van der Waals surface area contributed by atoms with Crippen LogP contribution in [-0.4, -0.2) is 23.7 Å². The fourth-order valence-electron chi connectivity index (χ4n) is 3.58. The number of hydrogen-bond donors (Lipinski definition) is 2. The summed E-state index contributed by atoms with van der Waals surface area (Å²) in [6.45, 7) is 9.60. The van der Waals surface area contributed by atoms with E-state index in [1.807, 2.05) is 39.8 Å². The van der Waals surface area contributed by atoms with Crippen LogP contribution in [0.2, 0.25) is 0 Å². The van der Waals surface area contributed by atoms with E-state index in [1.54, 1.807) is 6.92 Å². The van der Waals surface area contributed by atoms with E-state index in [2.05, 4.69) is 11.4 Å². The lowest BCUT2D eigenvalue weighted by Crippen LogP contribution is -2.44. The number of carbonyl (C=O) groups is 1. The molecule has 128 valence electrons. The van der Waals surface area contributed by atoms with Crippen LogP contribution in [0.25, 0.3) is 0 Å². The van der Waals surface area contributed by atoms with Crippen LogP contribution in [0.4, 0.5) is 0 Å². The lowest BCUT2D eigenvalue weighted by atomic mass is 9.78. The van der Waals surface area contributed by atoms with Gasteiger partial charge in [0.1, 0.15) is 0 Å². The van der Waals surface area contributed by atoms with Crippen LogP contribution in [0.1, 0.15) is 43.4 Å². The molecule has 0 amide bonds. The summed E-state index contributed by atoms with van der Waals surface area (Å²) in [5.41, 5.74) is 5.90. The second-order valence-electron chi connectivity index (χ2n) is 6.51. The van der Waals surface area contributed by atoms with Crippen molar-refractivity contribution in [1.29, 1.82) is 0 Å². The van der Waals surface area contributed by atoms with Crippen molar-refractivity contribution in [3.05, 3.63) is 57.4 Å². The Morgan fingerprint density at radius 3 is 2.33 bits per heavy atom. The average Bonchev–Trinajstić information content (AvgIpc) is 2.43. The number of benzene rings is 1. The van der Waals surface area contributed by atoms with Gasteiger partial charge in [0.15, 0.2) is 12.6 Å². The fraction of sp³-hybridized carbons (Fsp3) is 0.421. The second-order valence-corrected chi connectivity index (χ2v) is 6.51. The molecule has 0 radical (unpaired) electrons. The molecule has 1 aromatic rings. The van der Waals surface area contributed by atoms with Gasteiger partial charge >= 0.3 is 5.97 Å². The predicted octanol–water partition coefficient (Wildman–Crippen LogP) is 3.34. The lowest BCUT2D eigenvalue weighted by Gasteiger charge is -2.41. The summed E-state index contributed by atoms with van der Waals surface area (Å²) >= 11 is 0. The Hall–Kier alpha value is -2.11. The van der Waals surface area contributed by atoms with E-state index < -0.39 is 12.3 Å². The molecule has 0 spiro atoms. The van der Waals surface area contributed by atoms with E-state index in [-0.39, 0.29) is 12.2 Å². The van der Waals surface area contributed by atoms with Gasteiger partial charge < -0.3 is 19.9 Å². The van der Waals surface area contributed by atoms with Crippen LogP contribution in [0.15, 0.2) is 40.7 Å². The zero-order chi connectivity index (χ0) is 17.6. The highest BCUT2D eigenvalue weighted by Crippen LogP contribution is 2.44. The molecule has 1 aromatic carbocycles. The summed E-state index contributed by atoms with van der Waals surface area (Å²) in [5.74, 6) is -1.32. The number of dihydropyridines is 1. The first-order valence-electron chi connectivity index (χ1n) is 8.09. The Morgan fingerprint density at radius 2 is 1.79 bits per heavy atom. The number of aliphatic carboxylic acids is 1. The van der Waals surface area contributed by atoms with Crippen molar-refractivity contribution < 1.29 is 19.4 Å². The number of carboxylic acids is 1. The van der Waals surface area contributed by atoms with Crippen LogP contribution in [0.5, 0.6) is 0 Å². The lowest BCUT2D eigenvalue weighted by molar-refractivity contribution is -0.360. The van der Waals surface area contributed by atoms with Gasteiger partial charge in [-0.2, -0.15) is 0 Å². The van der Waals surface area contributed by atoms with E-state index in [0.717, 1.165) is 28.0 Å². The van der Waals surface area contributed by atoms with Crippen LogP contribution >= 0.6 is 0 Å². The van der Waals surface area contributed by atoms with Gasteiger partial charge in [-0.1, -0.05) is 23.8 Å². The summed E-state index contributed by atoms with van der Waals surface area (Å²) in [7, 11) is 0. The molecule has 2 heterocycles. The largest absolute Gasteiger partial charge is 0.478 e. The third kappa shape index (κ3) is 2.74. The summed E-state index contributed by atoms with van der Waals surface area (Å²) in [5, 5.41) is 13.0. The van der Waals surface area contributed by atoms with E-state index >= 15 is 0 Å². The quantitative estimate of drug-likeness (QED) is 0.890. The first-order chi connectivity index (χ1) is 11.3. The SMILES string of the molecule is CC1=C(C(=O)O)C(c2ccc(C)cc2C)C(C2OC(C)O2)=C(C)N1. The van der Waals surface area contributed by atoms with Gasteiger partial charge in [0.2, 0.25) is 0 Å². The molecule has 2 N–H and O–H groups in total. The maximum Gasteiger partial charge on any atom is 0.334 e. The van der Waals surface area contributed by atoms with Gasteiger partial charge in [-0.15, -0.1) is 0 Å². The number of carboxylic acid groups (broad SMARTS) is 1. The maximum atomic E-state index is 12.0. The zero-order valence-electron chi connectivity index (χ0n) is 14.6. The molecule has 2 aliphatic rings. The first kappa shape index (κ1) is 16.7. The van der Waals surface area contributed by atoms with Crippen molar-refractivity contribution in [1.82, 2.24) is 5.32 Å². The fourth-order valence-corrected chi connectivity index (χ4v) is 3.58. The summed E-state index contributed by atoms with van der Waals surface area (Å²) < 4.78 is 11.4. The minimum absolute atomic E-state index is 0.268. The van der Waals surface area contributed by atoms with Crippen LogP contribution in [0, 0.1) is 13.8 Å². The molecule has 1 unspecified atom stereocenters. The second kappa shape index (κ2) is 6.07. The molecule has 1 fully saturated rings. The molecule has 1 saturated heterocycles. The molecule has 2 aliphatic heterocycles. The van der Waals surface area contributed by atoms with Crippen LogP contribution in [0.3, 0.4) is 0 Å². The Morgan fingerprint density at radius 1 is 1.12 bits per heavy atom. The highest BCUT2D eigenvalue weighted by atomic mass is 16.9. The average molecular weight is 329 g/mol. The molecule has 0 bridgehead atoms. The van der Waals surface area contributed by atoms with Gasteiger partial charge in [-0.3, -0.25) is 0 Å². The molecular weight excluding hydrogens is 306 g/mol. The van der Waals surface area contributed by atoms with Gasteiger partial charge in [-0.05, 0) is 45.7 Å². The molecule has 0 aromatic heterocycles. The zero-order valence-corrected chi connectivity index (χ0v) is 14.6. The molecule has 1 atom stereocenters. The molecule has 3 rings (SSSR count). The highest BCUT2D eigenvalue weighted by molar-refractivity contribution is 5.91. The van der Waals surface area contributed by atoms with E-state index in [0.29, 0.717) is 11.3 Å². The molecule has 5 heteroatoms. The highest BCUT2D eigenvalue weighted by Gasteiger charge is 2.42. The number of ether oxygens (including phenoxy) is 2. The van der Waals surface area contributed by atoms with Crippen molar-refractivity contribution in [3.63, 3.8) is 0 Å². The molecule has 0 saturated carbocycles. The van der Waals surface area contributed by atoms with E-state index in [1.165, 1.54) is 0 Å². The van der Waals surface area contributed by atoms with Gasteiger partial charge in [0.25, 0.3) is 0 Å².